The summed E-state index contributed by atoms with van der Waals surface area (Å²) in [6.07, 6.45) is 3.93. The zero-order valence-electron chi connectivity index (χ0n) is 12.6. The van der Waals surface area contributed by atoms with E-state index >= 15 is 0 Å². The molecule has 0 saturated heterocycles. The number of aryl methyl sites for hydroxylation is 1. The number of hydrogen-bond acceptors (Lipinski definition) is 4. The lowest BCUT2D eigenvalue weighted by molar-refractivity contribution is 0.360. The summed E-state index contributed by atoms with van der Waals surface area (Å²) in [5.41, 5.74) is 6.13. The summed E-state index contributed by atoms with van der Waals surface area (Å²) in [4.78, 5) is 0.124. The highest BCUT2D eigenvalue weighted by Gasteiger charge is 2.31. The first-order valence-electron chi connectivity index (χ1n) is 7.01. The van der Waals surface area contributed by atoms with Crippen molar-refractivity contribution in [2.24, 2.45) is 0 Å². The van der Waals surface area contributed by atoms with Gasteiger partial charge < -0.3 is 5.73 Å². The van der Waals surface area contributed by atoms with Gasteiger partial charge in [-0.25, -0.2) is 17.8 Å². The van der Waals surface area contributed by atoms with Gasteiger partial charge in [0.05, 0.1) is 11.2 Å². The van der Waals surface area contributed by atoms with Crippen LogP contribution in [0.4, 0.5) is 5.82 Å². The Labute approximate surface area is 120 Å². The quantitative estimate of drug-likeness (QED) is 0.890. The van der Waals surface area contributed by atoms with Crippen LogP contribution in [-0.2, 0) is 15.6 Å². The summed E-state index contributed by atoms with van der Waals surface area (Å²) in [6, 6.07) is 0.0248. The largest absolute Gasteiger partial charge is 0.383 e. The first-order valence-corrected chi connectivity index (χ1v) is 8.49. The third-order valence-electron chi connectivity index (χ3n) is 3.62. The number of anilines is 1. The maximum absolute atomic E-state index is 12.5. The van der Waals surface area contributed by atoms with E-state index in [1.807, 2.05) is 20.8 Å². The molecule has 1 aromatic rings. The van der Waals surface area contributed by atoms with Crippen LogP contribution in [-0.4, -0.2) is 24.2 Å². The highest BCUT2D eigenvalue weighted by molar-refractivity contribution is 7.89. The minimum atomic E-state index is -3.60. The number of aromatic nitrogens is 2. The average molecular weight is 300 g/mol. The summed E-state index contributed by atoms with van der Waals surface area (Å²) in [5.74, 6) is 0.209. The Hall–Kier alpha value is -1.08. The van der Waals surface area contributed by atoms with Crippen LogP contribution in [0.2, 0.25) is 0 Å². The normalized spacial score (nSPS) is 17.8. The molecule has 20 heavy (non-hydrogen) atoms. The van der Waals surface area contributed by atoms with Crippen LogP contribution >= 0.6 is 0 Å². The van der Waals surface area contributed by atoms with Gasteiger partial charge in [0.1, 0.15) is 10.7 Å². The molecule has 0 bridgehead atoms. The van der Waals surface area contributed by atoms with E-state index in [0.717, 1.165) is 25.7 Å². The van der Waals surface area contributed by atoms with E-state index < -0.39 is 10.0 Å². The monoisotopic (exact) mass is 300 g/mol. The van der Waals surface area contributed by atoms with E-state index in [9.17, 15) is 8.42 Å². The second-order valence-corrected chi connectivity index (χ2v) is 8.14. The number of nitrogen functional groups attached to an aromatic ring is 1. The van der Waals surface area contributed by atoms with Gasteiger partial charge >= 0.3 is 0 Å². The standard InChI is InChI=1S/C13H24N4O2S/c1-9-11(12(14)17(15-9)13(2,3)4)20(18,19)16-10-7-5-6-8-10/h10,16H,5-8,14H2,1-4H3. The van der Waals surface area contributed by atoms with Gasteiger partial charge in [-0.2, -0.15) is 5.10 Å². The number of nitrogens with zero attached hydrogens (tertiary/aromatic N) is 2. The molecule has 0 radical (unpaired) electrons. The highest BCUT2D eigenvalue weighted by atomic mass is 32.2. The molecule has 0 unspecified atom stereocenters. The van der Waals surface area contributed by atoms with E-state index in [-0.39, 0.29) is 22.3 Å². The lowest BCUT2D eigenvalue weighted by Crippen LogP contribution is -2.33. The van der Waals surface area contributed by atoms with Crippen LogP contribution in [0.5, 0.6) is 0 Å². The van der Waals surface area contributed by atoms with Crippen molar-refractivity contribution in [3.05, 3.63) is 5.69 Å². The fraction of sp³-hybridized carbons (Fsp3) is 0.769. The van der Waals surface area contributed by atoms with Gasteiger partial charge in [0.2, 0.25) is 10.0 Å². The van der Waals surface area contributed by atoms with Crippen LogP contribution < -0.4 is 10.5 Å². The van der Waals surface area contributed by atoms with Crippen molar-refractivity contribution >= 4 is 15.8 Å². The first-order chi connectivity index (χ1) is 9.13. The Morgan fingerprint density at radius 1 is 1.30 bits per heavy atom. The number of hydrogen-bond donors (Lipinski definition) is 2. The molecule has 6 nitrogen and oxygen atoms in total. The predicted octanol–water partition coefficient (Wildman–Crippen LogP) is 1.75. The number of nitrogens with two attached hydrogens (primary N) is 1. The van der Waals surface area contributed by atoms with E-state index in [1.165, 1.54) is 0 Å². The molecular formula is C13H24N4O2S. The number of rotatable bonds is 3. The van der Waals surface area contributed by atoms with Gasteiger partial charge in [-0.3, -0.25) is 0 Å². The first kappa shape index (κ1) is 15.3. The third kappa shape index (κ3) is 2.83. The summed E-state index contributed by atoms with van der Waals surface area (Å²) in [6.45, 7) is 7.51. The Morgan fingerprint density at radius 3 is 2.30 bits per heavy atom. The second kappa shape index (κ2) is 5.04. The Bertz CT molecular complexity index is 593. The van der Waals surface area contributed by atoms with Gasteiger partial charge in [-0.15, -0.1) is 0 Å². The SMILES string of the molecule is Cc1nn(C(C)(C)C)c(N)c1S(=O)(=O)NC1CCCC1. The molecule has 2 rings (SSSR count). The number of sulfonamides is 1. The maximum atomic E-state index is 12.5. The molecule has 1 aromatic heterocycles. The average Bonchev–Trinajstić information content (AvgIpc) is 2.85. The van der Waals surface area contributed by atoms with E-state index in [2.05, 4.69) is 9.82 Å². The molecule has 1 heterocycles. The van der Waals surface area contributed by atoms with Crippen LogP contribution in [0.1, 0.15) is 52.1 Å². The van der Waals surface area contributed by atoms with E-state index in [0.29, 0.717) is 5.69 Å². The molecule has 3 N–H and O–H groups in total. The Kier molecular flexibility index (Phi) is 3.85. The fourth-order valence-corrected chi connectivity index (χ4v) is 4.28. The molecule has 1 aliphatic carbocycles. The molecule has 7 heteroatoms. The van der Waals surface area contributed by atoms with Crippen molar-refractivity contribution in [2.45, 2.75) is 69.9 Å². The molecule has 0 aliphatic heterocycles. The lowest BCUT2D eigenvalue weighted by Gasteiger charge is -2.21. The maximum Gasteiger partial charge on any atom is 0.246 e. The minimum Gasteiger partial charge on any atom is -0.383 e. The smallest absolute Gasteiger partial charge is 0.246 e. The topological polar surface area (TPSA) is 90.0 Å². The van der Waals surface area contributed by atoms with Crippen molar-refractivity contribution in [3.63, 3.8) is 0 Å². The van der Waals surface area contributed by atoms with Crippen LogP contribution in [0, 0.1) is 6.92 Å². The molecule has 1 fully saturated rings. The van der Waals surface area contributed by atoms with Crippen LogP contribution in [0.15, 0.2) is 4.90 Å². The van der Waals surface area contributed by atoms with Gasteiger partial charge in [-0.05, 0) is 40.5 Å². The van der Waals surface area contributed by atoms with Crippen molar-refractivity contribution in [1.82, 2.24) is 14.5 Å². The lowest BCUT2D eigenvalue weighted by atomic mass is 10.1. The highest BCUT2D eigenvalue weighted by Crippen LogP contribution is 2.29. The van der Waals surface area contributed by atoms with Crippen molar-refractivity contribution in [2.75, 3.05) is 5.73 Å². The van der Waals surface area contributed by atoms with E-state index in [1.54, 1.807) is 11.6 Å². The van der Waals surface area contributed by atoms with Gasteiger partial charge in [-0.1, -0.05) is 12.8 Å². The summed E-state index contributed by atoms with van der Waals surface area (Å²) >= 11 is 0. The molecule has 0 amide bonds. The van der Waals surface area contributed by atoms with Gasteiger partial charge in [0.15, 0.2) is 0 Å². The summed E-state index contributed by atoms with van der Waals surface area (Å²) in [5, 5.41) is 4.29. The van der Waals surface area contributed by atoms with Crippen molar-refractivity contribution in [3.8, 4) is 0 Å². The Balaban J connectivity index is 2.39. The molecule has 0 atom stereocenters. The second-order valence-electron chi connectivity index (χ2n) is 6.49. The van der Waals surface area contributed by atoms with E-state index in [4.69, 9.17) is 5.73 Å². The number of nitrogens with one attached hydrogen (secondary N) is 1. The molecular weight excluding hydrogens is 276 g/mol. The Morgan fingerprint density at radius 2 is 1.85 bits per heavy atom. The zero-order chi connectivity index (χ0) is 15.1. The summed E-state index contributed by atoms with van der Waals surface area (Å²) < 4.78 is 29.4. The van der Waals surface area contributed by atoms with Crippen molar-refractivity contribution < 1.29 is 8.42 Å². The molecule has 114 valence electrons. The van der Waals surface area contributed by atoms with Crippen molar-refractivity contribution in [1.29, 1.82) is 0 Å². The molecule has 0 aromatic carbocycles. The van der Waals surface area contributed by atoms with Gasteiger partial charge in [0, 0.05) is 6.04 Å². The molecule has 1 saturated carbocycles. The molecule has 1 aliphatic rings. The zero-order valence-corrected chi connectivity index (χ0v) is 13.4. The summed E-state index contributed by atoms with van der Waals surface area (Å²) in [7, 11) is -3.60. The van der Waals surface area contributed by atoms with Gasteiger partial charge in [0.25, 0.3) is 0 Å². The minimum absolute atomic E-state index is 0.0248. The van der Waals surface area contributed by atoms with Crippen LogP contribution in [0.25, 0.3) is 0 Å². The predicted molar refractivity (Wildman–Crippen MR) is 78.9 cm³/mol. The molecule has 0 spiro atoms. The third-order valence-corrected chi connectivity index (χ3v) is 5.31. The van der Waals surface area contributed by atoms with Crippen LogP contribution in [0.3, 0.4) is 0 Å². The fourth-order valence-electron chi connectivity index (χ4n) is 2.70.